The first-order chi connectivity index (χ1) is 16.5. The van der Waals surface area contributed by atoms with Crippen molar-refractivity contribution in [2.45, 2.75) is 65.5 Å². The third kappa shape index (κ3) is 5.73. The maximum absolute atomic E-state index is 13.7. The van der Waals surface area contributed by atoms with Gasteiger partial charge >= 0.3 is 0 Å². The first-order valence-corrected chi connectivity index (χ1v) is 12.4. The van der Waals surface area contributed by atoms with Crippen LogP contribution < -0.4 is 5.56 Å². The summed E-state index contributed by atoms with van der Waals surface area (Å²) in [7, 11) is 1.63. The Morgan fingerprint density at radius 1 is 1.06 bits per heavy atom. The van der Waals surface area contributed by atoms with Crippen molar-refractivity contribution in [3.63, 3.8) is 0 Å². The lowest BCUT2D eigenvalue weighted by Crippen LogP contribution is -2.40. The molecule has 0 N–H and O–H groups in total. The minimum Gasteiger partial charge on any atom is -0.383 e. The van der Waals surface area contributed by atoms with Gasteiger partial charge in [-0.05, 0) is 56.0 Å². The summed E-state index contributed by atoms with van der Waals surface area (Å²) in [6.07, 6.45) is 5.22. The number of amides is 1. The molecule has 0 saturated carbocycles. The number of aromatic nitrogens is 2. The molecule has 0 saturated heterocycles. The minimum absolute atomic E-state index is 0.0721. The Labute approximate surface area is 202 Å². The largest absolute Gasteiger partial charge is 0.383 e. The van der Waals surface area contributed by atoms with E-state index in [1.54, 1.807) is 22.6 Å². The van der Waals surface area contributed by atoms with Gasteiger partial charge in [-0.2, -0.15) is 0 Å². The number of aryl methyl sites for hydroxylation is 1. The molecule has 2 aromatic carbocycles. The topological polar surface area (TPSA) is 64.4 Å². The Morgan fingerprint density at radius 2 is 1.79 bits per heavy atom. The Bertz CT molecular complexity index is 1140. The van der Waals surface area contributed by atoms with E-state index in [4.69, 9.17) is 9.72 Å². The van der Waals surface area contributed by atoms with E-state index in [0.29, 0.717) is 48.4 Å². The number of fused-ring (bicyclic) bond motifs is 1. The highest BCUT2D eigenvalue weighted by Crippen LogP contribution is 2.26. The van der Waals surface area contributed by atoms with E-state index in [1.165, 1.54) is 18.4 Å². The molecule has 0 fully saturated rings. The van der Waals surface area contributed by atoms with Gasteiger partial charge in [0.15, 0.2) is 0 Å². The van der Waals surface area contributed by atoms with Crippen LogP contribution in [0.25, 0.3) is 10.9 Å². The van der Waals surface area contributed by atoms with Gasteiger partial charge in [0.1, 0.15) is 5.82 Å². The molecule has 3 aromatic rings. The van der Waals surface area contributed by atoms with Crippen LogP contribution in [-0.4, -0.2) is 40.6 Å². The predicted molar refractivity (Wildman–Crippen MR) is 137 cm³/mol. The number of nitrogens with zero attached hydrogens (tertiary/aromatic N) is 3. The number of carbonyl (C=O) groups is 1. The lowest BCUT2D eigenvalue weighted by atomic mass is 10.0. The number of hydrogen-bond donors (Lipinski definition) is 0. The van der Waals surface area contributed by atoms with Crippen LogP contribution in [0, 0.1) is 0 Å². The SMILES string of the molecule is CCCCCc1ccc(C(=O)N(CCOC)C(CC)c2nc3ccccc3c(=O)n2CC)cc1. The zero-order chi connectivity index (χ0) is 24.5. The molecule has 0 aliphatic carbocycles. The quantitative estimate of drug-likeness (QED) is 0.338. The Kier molecular flexibility index (Phi) is 9.40. The monoisotopic (exact) mass is 463 g/mol. The fraction of sp³-hybridized carbons (Fsp3) is 0.464. The molecule has 34 heavy (non-hydrogen) atoms. The molecule has 182 valence electrons. The summed E-state index contributed by atoms with van der Waals surface area (Å²) in [5.41, 5.74) is 2.47. The van der Waals surface area contributed by atoms with Crippen LogP contribution in [0.2, 0.25) is 0 Å². The van der Waals surface area contributed by atoms with Crippen LogP contribution in [0.5, 0.6) is 0 Å². The second kappa shape index (κ2) is 12.5. The number of unbranched alkanes of at least 4 members (excludes halogenated alkanes) is 2. The average Bonchev–Trinajstić information content (AvgIpc) is 2.87. The molecule has 0 bridgehead atoms. The molecule has 1 aromatic heterocycles. The molecular weight excluding hydrogens is 426 g/mol. The highest BCUT2D eigenvalue weighted by atomic mass is 16.5. The zero-order valence-corrected chi connectivity index (χ0v) is 20.9. The fourth-order valence-corrected chi connectivity index (χ4v) is 4.44. The van der Waals surface area contributed by atoms with Crippen molar-refractivity contribution >= 4 is 16.8 Å². The molecule has 1 atom stereocenters. The van der Waals surface area contributed by atoms with Crippen LogP contribution in [-0.2, 0) is 17.7 Å². The van der Waals surface area contributed by atoms with E-state index < -0.39 is 0 Å². The minimum atomic E-state index is -0.343. The van der Waals surface area contributed by atoms with Crippen LogP contribution in [0.4, 0.5) is 0 Å². The third-order valence-electron chi connectivity index (χ3n) is 6.34. The van der Waals surface area contributed by atoms with Crippen molar-refractivity contribution in [3.05, 3.63) is 75.8 Å². The van der Waals surface area contributed by atoms with E-state index in [9.17, 15) is 9.59 Å². The second-order valence-corrected chi connectivity index (χ2v) is 8.61. The van der Waals surface area contributed by atoms with E-state index >= 15 is 0 Å². The first-order valence-electron chi connectivity index (χ1n) is 12.4. The van der Waals surface area contributed by atoms with Crippen LogP contribution in [0.15, 0.2) is 53.3 Å². The van der Waals surface area contributed by atoms with E-state index in [0.717, 1.165) is 12.8 Å². The van der Waals surface area contributed by atoms with Crippen molar-refractivity contribution in [2.24, 2.45) is 0 Å². The maximum atomic E-state index is 13.7. The molecule has 0 aliphatic heterocycles. The molecule has 1 amide bonds. The van der Waals surface area contributed by atoms with Crippen molar-refractivity contribution in [1.82, 2.24) is 14.5 Å². The first kappa shape index (κ1) is 25.6. The lowest BCUT2D eigenvalue weighted by molar-refractivity contribution is 0.0576. The Hall–Kier alpha value is -2.99. The van der Waals surface area contributed by atoms with Crippen LogP contribution in [0.3, 0.4) is 0 Å². The highest BCUT2D eigenvalue weighted by Gasteiger charge is 2.28. The summed E-state index contributed by atoms with van der Waals surface area (Å²) in [4.78, 5) is 33.6. The Balaban J connectivity index is 1.99. The summed E-state index contributed by atoms with van der Waals surface area (Å²) >= 11 is 0. The van der Waals surface area contributed by atoms with E-state index in [2.05, 4.69) is 19.1 Å². The number of benzene rings is 2. The smallest absolute Gasteiger partial charge is 0.261 e. The van der Waals surface area contributed by atoms with E-state index in [-0.39, 0.29) is 17.5 Å². The van der Waals surface area contributed by atoms with Crippen LogP contribution in [0.1, 0.15) is 74.2 Å². The van der Waals surface area contributed by atoms with Gasteiger partial charge in [0.25, 0.3) is 11.5 Å². The summed E-state index contributed by atoms with van der Waals surface area (Å²) in [5.74, 6) is 0.545. The van der Waals surface area contributed by atoms with Gasteiger partial charge < -0.3 is 9.64 Å². The summed E-state index contributed by atoms with van der Waals surface area (Å²) in [5, 5.41) is 0.594. The number of methoxy groups -OCH3 is 1. The third-order valence-corrected chi connectivity index (χ3v) is 6.34. The van der Waals surface area contributed by atoms with Gasteiger partial charge in [-0.25, -0.2) is 4.98 Å². The predicted octanol–water partition coefficient (Wildman–Crippen LogP) is 5.39. The highest BCUT2D eigenvalue weighted by molar-refractivity contribution is 5.94. The van der Waals surface area contributed by atoms with Crippen molar-refractivity contribution in [2.75, 3.05) is 20.3 Å². The van der Waals surface area contributed by atoms with Crippen molar-refractivity contribution in [3.8, 4) is 0 Å². The standard InChI is InChI=1S/C28H37N3O3/c1-5-8-9-12-21-15-17-22(18-16-21)27(32)31(19-20-34-4)25(6-2)26-29-24-14-11-10-13-23(24)28(33)30(26)7-3/h10-11,13-18,25H,5-9,12,19-20H2,1-4H3. The summed E-state index contributed by atoms with van der Waals surface area (Å²) in [6, 6.07) is 15.0. The molecular formula is C28H37N3O3. The summed E-state index contributed by atoms with van der Waals surface area (Å²) < 4.78 is 7.03. The van der Waals surface area contributed by atoms with Crippen molar-refractivity contribution in [1.29, 1.82) is 0 Å². The van der Waals surface area contributed by atoms with Crippen molar-refractivity contribution < 1.29 is 9.53 Å². The van der Waals surface area contributed by atoms with Gasteiger partial charge in [0.2, 0.25) is 0 Å². The molecule has 6 heteroatoms. The van der Waals surface area contributed by atoms with Gasteiger partial charge in [0.05, 0.1) is 23.6 Å². The van der Waals surface area contributed by atoms with Gasteiger partial charge in [-0.15, -0.1) is 0 Å². The summed E-state index contributed by atoms with van der Waals surface area (Å²) in [6.45, 7) is 7.46. The average molecular weight is 464 g/mol. The molecule has 3 rings (SSSR count). The maximum Gasteiger partial charge on any atom is 0.261 e. The molecule has 6 nitrogen and oxygen atoms in total. The van der Waals surface area contributed by atoms with Crippen LogP contribution >= 0.6 is 0 Å². The number of para-hydroxylation sites is 1. The number of hydrogen-bond acceptors (Lipinski definition) is 4. The zero-order valence-electron chi connectivity index (χ0n) is 20.9. The Morgan fingerprint density at radius 3 is 2.44 bits per heavy atom. The van der Waals surface area contributed by atoms with Gasteiger partial charge in [-0.1, -0.05) is 51.0 Å². The normalized spacial score (nSPS) is 12.1. The molecule has 0 radical (unpaired) electrons. The fourth-order valence-electron chi connectivity index (χ4n) is 4.44. The molecule has 0 spiro atoms. The molecule has 1 heterocycles. The number of ether oxygens (including phenoxy) is 1. The second-order valence-electron chi connectivity index (χ2n) is 8.61. The van der Waals surface area contributed by atoms with Gasteiger partial charge in [-0.3, -0.25) is 14.2 Å². The molecule has 1 unspecified atom stereocenters. The van der Waals surface area contributed by atoms with E-state index in [1.807, 2.05) is 44.2 Å². The molecule has 0 aliphatic rings. The van der Waals surface area contributed by atoms with Gasteiger partial charge in [0, 0.05) is 25.8 Å². The lowest BCUT2D eigenvalue weighted by Gasteiger charge is -2.32. The number of rotatable bonds is 12. The number of carbonyl (C=O) groups excluding carboxylic acids is 1.